The van der Waals surface area contributed by atoms with Gasteiger partial charge in [-0.3, -0.25) is 0 Å². The molecule has 0 spiro atoms. The van der Waals surface area contributed by atoms with Gasteiger partial charge in [0.25, 0.3) is 0 Å². The van der Waals surface area contributed by atoms with Crippen LogP contribution in [-0.4, -0.2) is 34.9 Å². The van der Waals surface area contributed by atoms with E-state index in [1.807, 2.05) is 19.1 Å². The highest BCUT2D eigenvalue weighted by molar-refractivity contribution is 5.89. The lowest BCUT2D eigenvalue weighted by Gasteiger charge is -2.58. The van der Waals surface area contributed by atoms with Crippen LogP contribution in [0, 0.1) is 22.7 Å². The van der Waals surface area contributed by atoms with E-state index >= 15 is 0 Å². The number of aliphatic hydroxyl groups is 1. The first-order valence-corrected chi connectivity index (χ1v) is 11.6. The third-order valence-electron chi connectivity index (χ3n) is 8.15. The van der Waals surface area contributed by atoms with Crippen LogP contribution in [0.25, 0.3) is 0 Å². The predicted molar refractivity (Wildman–Crippen MR) is 123 cm³/mol. The summed E-state index contributed by atoms with van der Waals surface area (Å²) in [6.07, 6.45) is 7.57. The van der Waals surface area contributed by atoms with Gasteiger partial charge in [0.2, 0.25) is 0 Å². The summed E-state index contributed by atoms with van der Waals surface area (Å²) in [5.74, 6) is -1.32. The van der Waals surface area contributed by atoms with Gasteiger partial charge in [-0.15, -0.1) is 0 Å². The van der Waals surface area contributed by atoms with Crippen molar-refractivity contribution in [3.05, 3.63) is 71.7 Å². The summed E-state index contributed by atoms with van der Waals surface area (Å²) in [7, 11) is 0. The van der Waals surface area contributed by atoms with Crippen molar-refractivity contribution in [1.29, 1.82) is 0 Å². The van der Waals surface area contributed by atoms with Crippen molar-refractivity contribution in [3.8, 4) is 0 Å². The lowest BCUT2D eigenvalue weighted by atomic mass is 9.46. The van der Waals surface area contributed by atoms with E-state index in [9.17, 15) is 19.8 Å². The number of benzene rings is 1. The number of carboxylic acid groups (broad SMARTS) is 1. The second kappa shape index (κ2) is 9.18. The molecule has 2 aromatic rings. The molecule has 1 aromatic heterocycles. The molecular weight excluding hydrogens is 420 g/mol. The van der Waals surface area contributed by atoms with Gasteiger partial charge in [-0.1, -0.05) is 32.0 Å². The van der Waals surface area contributed by atoms with Crippen molar-refractivity contribution >= 4 is 11.9 Å². The van der Waals surface area contributed by atoms with E-state index in [1.165, 1.54) is 6.08 Å². The summed E-state index contributed by atoms with van der Waals surface area (Å²) in [4.78, 5) is 24.7. The van der Waals surface area contributed by atoms with Gasteiger partial charge in [0.15, 0.2) is 0 Å². The Morgan fingerprint density at radius 1 is 1.18 bits per heavy atom. The summed E-state index contributed by atoms with van der Waals surface area (Å²) in [6.45, 7) is 4.46. The maximum atomic E-state index is 12.6. The first-order chi connectivity index (χ1) is 15.7. The number of furan rings is 1. The van der Waals surface area contributed by atoms with E-state index in [2.05, 4.69) is 6.92 Å². The topological polar surface area (TPSA) is 97.0 Å². The molecule has 0 amide bonds. The molecule has 5 atom stereocenters. The van der Waals surface area contributed by atoms with Crippen LogP contribution in [0.4, 0.5) is 0 Å². The van der Waals surface area contributed by atoms with Crippen LogP contribution < -0.4 is 0 Å². The molecule has 1 heterocycles. The summed E-state index contributed by atoms with van der Waals surface area (Å²) in [5, 5.41) is 20.5. The molecule has 0 radical (unpaired) electrons. The molecule has 1 fully saturated rings. The monoisotopic (exact) mass is 452 g/mol. The first-order valence-electron chi connectivity index (χ1n) is 11.6. The molecule has 2 aliphatic rings. The molecule has 0 bridgehead atoms. The Morgan fingerprint density at radius 2 is 1.94 bits per heavy atom. The third-order valence-corrected chi connectivity index (χ3v) is 8.15. The lowest BCUT2D eigenvalue weighted by Crippen LogP contribution is -2.54. The lowest BCUT2D eigenvalue weighted by molar-refractivity contribution is -0.139. The van der Waals surface area contributed by atoms with E-state index in [0.717, 1.165) is 24.8 Å². The van der Waals surface area contributed by atoms with Gasteiger partial charge in [0, 0.05) is 11.0 Å². The molecule has 2 aliphatic carbocycles. The molecule has 0 unspecified atom stereocenters. The Morgan fingerprint density at radius 3 is 2.61 bits per heavy atom. The van der Waals surface area contributed by atoms with Crippen LogP contribution >= 0.6 is 0 Å². The maximum Gasteiger partial charge on any atom is 0.338 e. The van der Waals surface area contributed by atoms with E-state index in [0.29, 0.717) is 24.0 Å². The van der Waals surface area contributed by atoms with Crippen molar-refractivity contribution in [1.82, 2.24) is 0 Å². The third kappa shape index (κ3) is 4.49. The molecule has 0 saturated heterocycles. The molecule has 6 heteroatoms. The zero-order valence-electron chi connectivity index (χ0n) is 19.2. The number of aliphatic carboxylic acids is 1. The van der Waals surface area contributed by atoms with Crippen molar-refractivity contribution in [2.45, 2.75) is 52.1 Å². The number of hydrogen-bond acceptors (Lipinski definition) is 5. The first kappa shape index (κ1) is 23.3. The van der Waals surface area contributed by atoms with Crippen LogP contribution in [0.3, 0.4) is 0 Å². The number of ether oxygens (including phenoxy) is 1. The Bertz CT molecular complexity index is 1010. The zero-order chi connectivity index (χ0) is 23.6. The number of rotatable bonds is 7. The second-order valence-electron chi connectivity index (χ2n) is 10.00. The fraction of sp³-hybridized carbons (Fsp3) is 0.481. The number of fused-ring (bicyclic) bond motifs is 1. The molecule has 176 valence electrons. The molecule has 4 rings (SSSR count). The molecular formula is C27H32O6. The summed E-state index contributed by atoms with van der Waals surface area (Å²) < 4.78 is 11.0. The molecule has 33 heavy (non-hydrogen) atoms. The number of esters is 1. The average molecular weight is 453 g/mol. The number of hydrogen-bond donors (Lipinski definition) is 2. The van der Waals surface area contributed by atoms with E-state index in [1.54, 1.807) is 36.8 Å². The highest BCUT2D eigenvalue weighted by Crippen LogP contribution is 2.62. The quantitative estimate of drug-likeness (QED) is 0.581. The zero-order valence-corrected chi connectivity index (χ0v) is 19.2. The fourth-order valence-corrected chi connectivity index (χ4v) is 6.18. The Balaban J connectivity index is 1.61. The fourth-order valence-electron chi connectivity index (χ4n) is 6.18. The minimum atomic E-state index is -0.965. The number of carbonyl (C=O) groups is 2. The average Bonchev–Trinajstić information content (AvgIpc) is 3.32. The normalized spacial score (nSPS) is 31.4. The highest BCUT2D eigenvalue weighted by atomic mass is 16.5. The van der Waals surface area contributed by atoms with Gasteiger partial charge < -0.3 is 19.4 Å². The Hall–Kier alpha value is -2.86. The van der Waals surface area contributed by atoms with Gasteiger partial charge in [-0.05, 0) is 79.2 Å². The number of aryl methyl sites for hydroxylation is 1. The Kier molecular flexibility index (Phi) is 6.48. The van der Waals surface area contributed by atoms with Gasteiger partial charge in [-0.2, -0.15) is 0 Å². The summed E-state index contributed by atoms with van der Waals surface area (Å²) >= 11 is 0. The van der Waals surface area contributed by atoms with Crippen molar-refractivity contribution in [2.75, 3.05) is 6.61 Å². The number of carboxylic acids is 1. The molecule has 6 nitrogen and oxygen atoms in total. The SMILES string of the molecule is C[C@@]1(CCc2ccoc2)[C@H](COC(=O)c2ccccc2)CC[C@]2(C)C(C(=O)O)=C[C@H](O)C[C@H]12. The van der Waals surface area contributed by atoms with Crippen LogP contribution in [0.2, 0.25) is 0 Å². The number of aliphatic hydroxyl groups excluding tert-OH is 1. The predicted octanol–water partition coefficient (Wildman–Crippen LogP) is 4.88. The second-order valence-corrected chi connectivity index (χ2v) is 10.00. The number of carbonyl (C=O) groups excluding carboxylic acids is 1. The Labute approximate surface area is 194 Å². The van der Waals surface area contributed by atoms with Gasteiger partial charge >= 0.3 is 11.9 Å². The van der Waals surface area contributed by atoms with E-state index < -0.39 is 17.5 Å². The summed E-state index contributed by atoms with van der Waals surface area (Å²) in [5.41, 5.74) is 1.02. The van der Waals surface area contributed by atoms with Crippen molar-refractivity contribution in [3.63, 3.8) is 0 Å². The maximum absolute atomic E-state index is 12.6. The minimum Gasteiger partial charge on any atom is -0.478 e. The smallest absolute Gasteiger partial charge is 0.338 e. The van der Waals surface area contributed by atoms with Gasteiger partial charge in [0.1, 0.15) is 0 Å². The molecule has 1 aromatic carbocycles. The van der Waals surface area contributed by atoms with Crippen LogP contribution in [0.5, 0.6) is 0 Å². The van der Waals surface area contributed by atoms with Crippen molar-refractivity contribution in [2.24, 2.45) is 22.7 Å². The largest absolute Gasteiger partial charge is 0.478 e. The van der Waals surface area contributed by atoms with Gasteiger partial charge in [-0.25, -0.2) is 9.59 Å². The minimum absolute atomic E-state index is 0.0514. The molecule has 1 saturated carbocycles. The molecule has 0 aliphatic heterocycles. The van der Waals surface area contributed by atoms with Crippen LogP contribution in [0.15, 0.2) is 65.0 Å². The summed E-state index contributed by atoms with van der Waals surface area (Å²) in [6, 6.07) is 10.9. The molecule has 2 N–H and O–H groups in total. The van der Waals surface area contributed by atoms with Crippen LogP contribution in [0.1, 0.15) is 55.5 Å². The standard InChI is InChI=1S/C27H32O6/c1-26(11-8-18-10-13-32-16-18)20(17-33-25(31)19-6-4-3-5-7-19)9-12-27(2)22(24(29)30)14-21(28)15-23(26)27/h3-7,10,13-14,16,20-21,23,28H,8-9,11-12,15,17H2,1-2H3,(H,29,30)/t20-,21-,23+,26+,27+/m0/s1. The van der Waals surface area contributed by atoms with E-state index in [4.69, 9.17) is 9.15 Å². The van der Waals surface area contributed by atoms with E-state index in [-0.39, 0.29) is 29.8 Å². The van der Waals surface area contributed by atoms with Crippen molar-refractivity contribution < 1.29 is 29.0 Å². The van der Waals surface area contributed by atoms with Gasteiger partial charge in [0.05, 0.1) is 30.8 Å². The van der Waals surface area contributed by atoms with Crippen LogP contribution in [-0.2, 0) is 16.0 Å². The highest BCUT2D eigenvalue weighted by Gasteiger charge is 2.57.